The van der Waals surface area contributed by atoms with E-state index in [2.05, 4.69) is 302 Å². The van der Waals surface area contributed by atoms with Crippen LogP contribution in [-0.2, 0) is 5.41 Å². The van der Waals surface area contributed by atoms with Gasteiger partial charge in [-0.1, -0.05) is 255 Å². The molecule has 2 aliphatic rings. The fraction of sp³-hybridized carbons (Fsp3) is 0.0141. The minimum atomic E-state index is -2.65. The van der Waals surface area contributed by atoms with Crippen molar-refractivity contribution in [1.82, 2.24) is 0 Å². The molecule has 0 aromatic heterocycles. The summed E-state index contributed by atoms with van der Waals surface area (Å²) in [6.07, 6.45) is 0. The van der Waals surface area contributed by atoms with Gasteiger partial charge in [-0.25, -0.2) is 0 Å². The molecule has 0 N–H and O–H groups in total. The lowest BCUT2D eigenvalue weighted by Crippen LogP contribution is -2.72. The average molecular weight is 944 g/mol. The second-order valence-electron chi connectivity index (χ2n) is 19.5. The lowest BCUT2D eigenvalue weighted by atomic mass is 9.67. The minimum Gasteiger partial charge on any atom is -0.310 e. The molecule has 0 unspecified atom stereocenters. The highest BCUT2D eigenvalue weighted by atomic mass is 28.3. The Morgan fingerprint density at radius 1 is 0.260 bits per heavy atom. The first kappa shape index (κ1) is 42.8. The molecule has 0 amide bonds. The molecule has 0 fully saturated rings. The molecule has 73 heavy (non-hydrogen) atoms. The summed E-state index contributed by atoms with van der Waals surface area (Å²) < 4.78 is 0. The van der Waals surface area contributed by atoms with Gasteiger partial charge in [-0.2, -0.15) is 0 Å². The first-order chi connectivity index (χ1) is 36.2. The van der Waals surface area contributed by atoms with Gasteiger partial charge in [0.1, 0.15) is 0 Å². The molecule has 1 aliphatic carbocycles. The van der Waals surface area contributed by atoms with Gasteiger partial charge in [0.05, 0.1) is 5.41 Å². The number of hydrogen-bond donors (Lipinski definition) is 0. The van der Waals surface area contributed by atoms with Crippen LogP contribution in [0.3, 0.4) is 0 Å². The monoisotopic (exact) mass is 943 g/mol. The highest BCUT2D eigenvalue weighted by Gasteiger charge is 2.49. The second kappa shape index (κ2) is 17.3. The van der Waals surface area contributed by atoms with Crippen molar-refractivity contribution in [1.29, 1.82) is 0 Å². The van der Waals surface area contributed by atoms with Crippen molar-refractivity contribution in [3.63, 3.8) is 0 Å². The third kappa shape index (κ3) is 6.68. The molecule has 0 bridgehead atoms. The molecule has 0 spiro atoms. The molecule has 1 heterocycles. The van der Waals surface area contributed by atoms with Crippen LogP contribution in [0.1, 0.15) is 22.3 Å². The number of hydrogen-bond acceptors (Lipinski definition) is 1. The molecule has 1 aliphatic heterocycles. The van der Waals surface area contributed by atoms with Gasteiger partial charge < -0.3 is 4.90 Å². The smallest absolute Gasteiger partial charge is 0.180 e. The van der Waals surface area contributed by atoms with E-state index in [-0.39, 0.29) is 0 Å². The number of benzene rings is 12. The number of rotatable bonds is 9. The normalized spacial score (nSPS) is 13.4. The molecule has 0 saturated carbocycles. The van der Waals surface area contributed by atoms with Crippen LogP contribution in [0.5, 0.6) is 0 Å². The Bertz CT molecular complexity index is 3940. The molecule has 0 atom stereocenters. The van der Waals surface area contributed by atoms with Gasteiger partial charge in [-0.3, -0.25) is 0 Å². The number of fused-ring (bicyclic) bond motifs is 7. The number of nitrogens with zero attached hydrogens (tertiary/aromatic N) is 1. The zero-order valence-electron chi connectivity index (χ0n) is 40.2. The van der Waals surface area contributed by atoms with E-state index in [0.717, 1.165) is 17.1 Å². The molecule has 1 nitrogen and oxygen atoms in total. The number of anilines is 3. The lowest BCUT2D eigenvalue weighted by Gasteiger charge is -2.35. The summed E-state index contributed by atoms with van der Waals surface area (Å²) in [7, 11) is -2.65. The quantitative estimate of drug-likeness (QED) is 0.130. The van der Waals surface area contributed by atoms with Gasteiger partial charge >= 0.3 is 0 Å². The summed E-state index contributed by atoms with van der Waals surface area (Å²) in [4.78, 5) is 2.43. The van der Waals surface area contributed by atoms with E-state index in [9.17, 15) is 0 Å². The van der Waals surface area contributed by atoms with E-state index in [0.29, 0.717) is 0 Å². The van der Waals surface area contributed by atoms with E-state index < -0.39 is 13.5 Å². The summed E-state index contributed by atoms with van der Waals surface area (Å²) in [5.41, 5.74) is 17.9. The van der Waals surface area contributed by atoms with Crippen LogP contribution in [0.15, 0.2) is 297 Å². The Morgan fingerprint density at radius 3 is 1.36 bits per heavy atom. The molecular weight excluding hydrogens is 895 g/mol. The van der Waals surface area contributed by atoms with Crippen molar-refractivity contribution in [2.24, 2.45) is 0 Å². The summed E-state index contributed by atoms with van der Waals surface area (Å²) in [5.74, 6) is 0. The molecule has 12 aromatic rings. The van der Waals surface area contributed by atoms with Gasteiger partial charge in [-0.05, 0) is 141 Å². The maximum Gasteiger partial charge on any atom is 0.180 e. The van der Waals surface area contributed by atoms with Crippen LogP contribution in [0.25, 0.3) is 55.3 Å². The maximum absolute atomic E-state index is 2.65. The SMILES string of the molecule is c1ccc(C2(c3cccc(N(c4ccc(-c5cccc([Si]6(c7ccccc7)c7ccccc7-c7ccccc76)c5)cc4)c4ccc(-c5ccc6ccccc6c5)cc4)c3)c3ccccc3-c3ccccc32)cc1. The standard InChI is InChI=1S/C71H49NSi/c1-3-22-56(23-4-1)71(67-33-13-9-29-63(67)64-30-10-14-34-68(64)71)57-24-18-25-60(49-57)72(59-45-41-52(42-46-59)55-38-37-50-19-7-8-20-53(50)47-55)58-43-39-51(40-44-58)54-21-17-28-62(48-54)73(61-26-5-2-6-27-61)69-35-15-11-31-65(69)66-32-12-16-36-70(66)73/h1-49H. The predicted octanol–water partition coefficient (Wildman–Crippen LogP) is 15.4. The molecule has 342 valence electrons. The Kier molecular flexibility index (Phi) is 10.2. The Labute approximate surface area is 428 Å². The first-order valence-electron chi connectivity index (χ1n) is 25.4. The molecule has 2 heteroatoms. The van der Waals surface area contributed by atoms with Gasteiger partial charge in [0, 0.05) is 17.1 Å². The largest absolute Gasteiger partial charge is 0.310 e. The van der Waals surface area contributed by atoms with Crippen molar-refractivity contribution in [3.05, 3.63) is 320 Å². The third-order valence-electron chi connectivity index (χ3n) is 15.8. The van der Waals surface area contributed by atoms with Crippen LogP contribution < -0.4 is 25.6 Å². The molecule has 0 radical (unpaired) electrons. The fourth-order valence-corrected chi connectivity index (χ4v) is 17.9. The van der Waals surface area contributed by atoms with Gasteiger partial charge in [-0.15, -0.1) is 0 Å². The zero-order chi connectivity index (χ0) is 48.3. The Morgan fingerprint density at radius 2 is 0.726 bits per heavy atom. The predicted molar refractivity (Wildman–Crippen MR) is 309 cm³/mol. The van der Waals surface area contributed by atoms with E-state index in [1.54, 1.807) is 0 Å². The van der Waals surface area contributed by atoms with Crippen molar-refractivity contribution in [3.8, 4) is 44.5 Å². The van der Waals surface area contributed by atoms with E-state index in [1.807, 2.05) is 0 Å². The first-order valence-corrected chi connectivity index (χ1v) is 27.4. The van der Waals surface area contributed by atoms with E-state index in [4.69, 9.17) is 0 Å². The minimum absolute atomic E-state index is 0.522. The zero-order valence-corrected chi connectivity index (χ0v) is 41.2. The Balaban J connectivity index is 0.913. The van der Waals surface area contributed by atoms with Crippen LogP contribution in [0.4, 0.5) is 17.1 Å². The van der Waals surface area contributed by atoms with Crippen LogP contribution in [0, 0.1) is 0 Å². The molecular formula is C71H49NSi. The fourth-order valence-electron chi connectivity index (χ4n) is 12.7. The summed E-state index contributed by atoms with van der Waals surface area (Å²) in [6, 6.07) is 111. The van der Waals surface area contributed by atoms with Crippen LogP contribution >= 0.6 is 0 Å². The highest BCUT2D eigenvalue weighted by Crippen LogP contribution is 2.56. The lowest BCUT2D eigenvalue weighted by molar-refractivity contribution is 0.768. The van der Waals surface area contributed by atoms with Crippen molar-refractivity contribution in [2.75, 3.05) is 4.90 Å². The maximum atomic E-state index is 2.49. The topological polar surface area (TPSA) is 3.24 Å². The molecule has 12 aromatic carbocycles. The molecule has 14 rings (SSSR count). The van der Waals surface area contributed by atoms with Gasteiger partial charge in [0.15, 0.2) is 8.07 Å². The van der Waals surface area contributed by atoms with Crippen molar-refractivity contribution >= 4 is 56.7 Å². The van der Waals surface area contributed by atoms with Crippen molar-refractivity contribution < 1.29 is 0 Å². The summed E-state index contributed by atoms with van der Waals surface area (Å²) in [6.45, 7) is 0. The second-order valence-corrected chi connectivity index (χ2v) is 23.3. The third-order valence-corrected chi connectivity index (χ3v) is 20.7. The average Bonchev–Trinajstić information content (AvgIpc) is 4.01. The van der Waals surface area contributed by atoms with Crippen LogP contribution in [-0.4, -0.2) is 8.07 Å². The van der Waals surface area contributed by atoms with Gasteiger partial charge in [0.25, 0.3) is 0 Å². The molecule has 0 saturated heterocycles. The van der Waals surface area contributed by atoms with E-state index >= 15 is 0 Å². The Hall–Kier alpha value is -9.08. The summed E-state index contributed by atoms with van der Waals surface area (Å²) >= 11 is 0. The highest BCUT2D eigenvalue weighted by molar-refractivity contribution is 7.22. The van der Waals surface area contributed by atoms with E-state index in [1.165, 1.54) is 98.3 Å². The van der Waals surface area contributed by atoms with Crippen LogP contribution in [0.2, 0.25) is 0 Å². The van der Waals surface area contributed by atoms with Crippen molar-refractivity contribution in [2.45, 2.75) is 5.41 Å². The summed E-state index contributed by atoms with van der Waals surface area (Å²) in [5, 5.41) is 8.20. The van der Waals surface area contributed by atoms with Gasteiger partial charge in [0.2, 0.25) is 0 Å².